The van der Waals surface area contributed by atoms with Crippen molar-refractivity contribution in [3.8, 4) is 11.5 Å². The molecule has 0 saturated heterocycles. The Hall–Kier alpha value is -1.81. The molecule has 0 aliphatic heterocycles. The predicted octanol–water partition coefficient (Wildman–Crippen LogP) is 2.98. The number of aryl methyl sites for hydroxylation is 1. The lowest BCUT2D eigenvalue weighted by Crippen LogP contribution is -2.09. The summed E-state index contributed by atoms with van der Waals surface area (Å²) in [4.78, 5) is 11.8. The minimum absolute atomic E-state index is 0.00747. The average molecular weight is 234 g/mol. The van der Waals surface area contributed by atoms with Crippen LogP contribution in [0.4, 0.5) is 0 Å². The Morgan fingerprint density at radius 3 is 2.69 bits per heavy atom. The maximum atomic E-state index is 11.8. The van der Waals surface area contributed by atoms with E-state index in [4.69, 9.17) is 4.74 Å². The third-order valence-electron chi connectivity index (χ3n) is 2.17. The fraction of sp³-hybridized carbons (Fsp3) is 0.0833. The summed E-state index contributed by atoms with van der Waals surface area (Å²) in [5, 5.41) is 12.5. The maximum absolute atomic E-state index is 11.8. The minimum Gasteiger partial charge on any atom is -0.504 e. The van der Waals surface area contributed by atoms with E-state index >= 15 is 0 Å². The molecule has 3 nitrogen and oxygen atoms in total. The van der Waals surface area contributed by atoms with Gasteiger partial charge in [-0.1, -0.05) is 18.2 Å². The molecule has 0 atom stereocenters. The molecule has 0 bridgehead atoms. The molecular formula is C12H10O3S. The van der Waals surface area contributed by atoms with E-state index in [1.54, 1.807) is 17.5 Å². The van der Waals surface area contributed by atoms with Gasteiger partial charge in [-0.2, -0.15) is 0 Å². The molecule has 16 heavy (non-hydrogen) atoms. The van der Waals surface area contributed by atoms with E-state index in [0.29, 0.717) is 5.56 Å². The van der Waals surface area contributed by atoms with Gasteiger partial charge < -0.3 is 9.84 Å². The Kier molecular flexibility index (Phi) is 2.92. The topological polar surface area (TPSA) is 46.5 Å². The van der Waals surface area contributed by atoms with Crippen molar-refractivity contribution in [2.75, 3.05) is 0 Å². The number of hydrogen-bond acceptors (Lipinski definition) is 4. The molecule has 0 saturated carbocycles. The van der Waals surface area contributed by atoms with Gasteiger partial charge in [0.2, 0.25) is 0 Å². The van der Waals surface area contributed by atoms with Crippen LogP contribution in [0, 0.1) is 6.92 Å². The van der Waals surface area contributed by atoms with Crippen LogP contribution < -0.4 is 4.74 Å². The molecule has 0 aliphatic rings. The van der Waals surface area contributed by atoms with Crippen LogP contribution in [-0.2, 0) is 0 Å². The number of rotatable bonds is 2. The van der Waals surface area contributed by atoms with E-state index in [0.717, 1.165) is 5.56 Å². The fourth-order valence-electron chi connectivity index (χ4n) is 1.31. The van der Waals surface area contributed by atoms with Gasteiger partial charge in [-0.15, -0.1) is 11.3 Å². The zero-order valence-electron chi connectivity index (χ0n) is 8.64. The minimum atomic E-state index is -0.452. The van der Waals surface area contributed by atoms with Crippen molar-refractivity contribution in [3.63, 3.8) is 0 Å². The van der Waals surface area contributed by atoms with E-state index in [-0.39, 0.29) is 11.5 Å². The van der Waals surface area contributed by atoms with Crippen molar-refractivity contribution in [1.82, 2.24) is 0 Å². The van der Waals surface area contributed by atoms with Crippen LogP contribution in [0.1, 0.15) is 15.9 Å². The van der Waals surface area contributed by atoms with Crippen LogP contribution in [-0.4, -0.2) is 11.1 Å². The second-order valence-corrected chi connectivity index (χ2v) is 4.07. The first-order valence-corrected chi connectivity index (χ1v) is 5.65. The van der Waals surface area contributed by atoms with E-state index in [1.807, 2.05) is 19.1 Å². The quantitative estimate of drug-likeness (QED) is 0.812. The Bertz CT molecular complexity index is 516. The number of ether oxygens (including phenoxy) is 1. The smallest absolute Gasteiger partial charge is 0.343 e. The Morgan fingerprint density at radius 2 is 2.06 bits per heavy atom. The zero-order chi connectivity index (χ0) is 11.5. The lowest BCUT2D eigenvalue weighted by Gasteiger charge is -2.05. The second kappa shape index (κ2) is 4.37. The molecule has 1 heterocycles. The number of thiophene rings is 1. The van der Waals surface area contributed by atoms with Crippen molar-refractivity contribution < 1.29 is 14.6 Å². The molecule has 0 fully saturated rings. The summed E-state index contributed by atoms with van der Waals surface area (Å²) in [5.74, 6) is -0.253. The van der Waals surface area contributed by atoms with Gasteiger partial charge in [0.05, 0.1) is 5.56 Å². The van der Waals surface area contributed by atoms with Gasteiger partial charge in [0, 0.05) is 10.8 Å². The predicted molar refractivity (Wildman–Crippen MR) is 62.1 cm³/mol. The van der Waals surface area contributed by atoms with Crippen molar-refractivity contribution >= 4 is 17.3 Å². The van der Waals surface area contributed by atoms with E-state index in [1.165, 1.54) is 16.7 Å². The normalized spacial score (nSPS) is 10.1. The highest BCUT2D eigenvalue weighted by Crippen LogP contribution is 2.30. The van der Waals surface area contributed by atoms with Crippen molar-refractivity contribution in [1.29, 1.82) is 0 Å². The first-order chi connectivity index (χ1) is 7.68. The molecule has 0 spiro atoms. The highest BCUT2D eigenvalue weighted by Gasteiger charge is 2.13. The van der Waals surface area contributed by atoms with Gasteiger partial charge >= 0.3 is 5.97 Å². The first-order valence-electron chi connectivity index (χ1n) is 4.71. The average Bonchev–Trinajstić information content (AvgIpc) is 2.65. The molecule has 2 rings (SSSR count). The van der Waals surface area contributed by atoms with Crippen molar-refractivity contribution in [2.45, 2.75) is 6.92 Å². The third-order valence-corrected chi connectivity index (χ3v) is 2.88. The molecule has 2 aromatic rings. The van der Waals surface area contributed by atoms with E-state index in [2.05, 4.69) is 0 Å². The Morgan fingerprint density at radius 1 is 1.31 bits per heavy atom. The molecule has 0 radical (unpaired) electrons. The number of hydrogen-bond donors (Lipinski definition) is 1. The first kappa shape index (κ1) is 10.7. The second-order valence-electron chi connectivity index (χ2n) is 3.33. The van der Waals surface area contributed by atoms with Crippen LogP contribution in [0.3, 0.4) is 0 Å². The summed E-state index contributed by atoms with van der Waals surface area (Å²) >= 11 is 1.28. The number of carbonyl (C=O) groups is 1. The summed E-state index contributed by atoms with van der Waals surface area (Å²) < 4.78 is 5.07. The molecule has 82 valence electrons. The number of aromatic hydroxyl groups is 1. The summed E-state index contributed by atoms with van der Waals surface area (Å²) in [6.07, 6.45) is 0. The van der Waals surface area contributed by atoms with Gasteiger partial charge in [-0.25, -0.2) is 4.79 Å². The molecule has 1 N–H and O–H groups in total. The number of carbonyl (C=O) groups excluding carboxylic acids is 1. The fourth-order valence-corrected chi connectivity index (χ4v) is 1.92. The highest BCUT2D eigenvalue weighted by atomic mass is 32.1. The van der Waals surface area contributed by atoms with Crippen LogP contribution in [0.25, 0.3) is 0 Å². The monoisotopic (exact) mass is 234 g/mol. The van der Waals surface area contributed by atoms with Gasteiger partial charge in [-0.3, -0.25) is 0 Å². The third kappa shape index (κ3) is 2.06. The van der Waals surface area contributed by atoms with E-state index < -0.39 is 5.97 Å². The number of benzene rings is 1. The van der Waals surface area contributed by atoms with Crippen LogP contribution in [0.5, 0.6) is 11.5 Å². The highest BCUT2D eigenvalue weighted by molar-refractivity contribution is 7.08. The zero-order valence-corrected chi connectivity index (χ0v) is 9.45. The largest absolute Gasteiger partial charge is 0.504 e. The van der Waals surface area contributed by atoms with Gasteiger partial charge in [0.1, 0.15) is 0 Å². The standard InChI is InChI=1S/C12H10O3S/c1-8-4-2-3-5-9(8)12(14)15-11-7-16-6-10(11)13/h2-7,13H,1H3. The Balaban J connectivity index is 2.22. The van der Waals surface area contributed by atoms with Gasteiger partial charge in [-0.05, 0) is 18.6 Å². The Labute approximate surface area is 96.9 Å². The lowest BCUT2D eigenvalue weighted by molar-refractivity contribution is 0.0730. The molecule has 0 aliphatic carbocycles. The molecule has 1 aromatic heterocycles. The summed E-state index contributed by atoms with van der Waals surface area (Å²) in [6, 6.07) is 7.16. The molecular weight excluding hydrogens is 224 g/mol. The van der Waals surface area contributed by atoms with Crippen LogP contribution in [0.15, 0.2) is 35.0 Å². The van der Waals surface area contributed by atoms with Gasteiger partial charge in [0.25, 0.3) is 0 Å². The summed E-state index contributed by atoms with van der Waals surface area (Å²) in [7, 11) is 0. The molecule has 0 amide bonds. The number of esters is 1. The van der Waals surface area contributed by atoms with Crippen LogP contribution in [0.2, 0.25) is 0 Å². The van der Waals surface area contributed by atoms with E-state index in [9.17, 15) is 9.90 Å². The SMILES string of the molecule is Cc1ccccc1C(=O)Oc1cscc1O. The maximum Gasteiger partial charge on any atom is 0.343 e. The summed E-state index contributed by atoms with van der Waals surface area (Å²) in [5.41, 5.74) is 1.36. The molecule has 4 heteroatoms. The lowest BCUT2D eigenvalue weighted by atomic mass is 10.1. The molecule has 0 unspecified atom stereocenters. The van der Waals surface area contributed by atoms with Crippen molar-refractivity contribution in [3.05, 3.63) is 46.2 Å². The summed E-state index contributed by atoms with van der Waals surface area (Å²) in [6.45, 7) is 1.84. The van der Waals surface area contributed by atoms with Crippen LogP contribution >= 0.6 is 11.3 Å². The van der Waals surface area contributed by atoms with Crippen molar-refractivity contribution in [2.24, 2.45) is 0 Å². The van der Waals surface area contributed by atoms with Gasteiger partial charge in [0.15, 0.2) is 11.5 Å². The molecule has 1 aromatic carbocycles.